The van der Waals surface area contributed by atoms with Crippen LogP contribution in [0.2, 0.25) is 5.02 Å². The summed E-state index contributed by atoms with van der Waals surface area (Å²) in [6.07, 6.45) is 5.74. The lowest BCUT2D eigenvalue weighted by atomic mass is 10.0. The summed E-state index contributed by atoms with van der Waals surface area (Å²) in [6, 6.07) is 3.14. The second kappa shape index (κ2) is 7.11. The first kappa shape index (κ1) is 15.4. The number of aromatic nitrogens is 2. The minimum absolute atomic E-state index is 0.0858. The van der Waals surface area contributed by atoms with Gasteiger partial charge < -0.3 is 5.32 Å². The van der Waals surface area contributed by atoms with Crippen molar-refractivity contribution in [2.75, 3.05) is 6.54 Å². The quantitative estimate of drug-likeness (QED) is 0.817. The van der Waals surface area contributed by atoms with E-state index >= 15 is 0 Å². The van der Waals surface area contributed by atoms with Crippen molar-refractivity contribution in [1.29, 1.82) is 0 Å². The molecule has 0 saturated carbocycles. The molecule has 0 spiro atoms. The van der Waals surface area contributed by atoms with Gasteiger partial charge in [0.2, 0.25) is 0 Å². The van der Waals surface area contributed by atoms with Crippen molar-refractivity contribution >= 4 is 27.5 Å². The van der Waals surface area contributed by atoms with Crippen LogP contribution in [0.1, 0.15) is 30.5 Å². The van der Waals surface area contributed by atoms with Gasteiger partial charge in [-0.05, 0) is 35.0 Å². The zero-order chi connectivity index (χ0) is 14.5. The molecule has 0 amide bonds. The van der Waals surface area contributed by atoms with Crippen LogP contribution in [0, 0.1) is 5.82 Å². The minimum atomic E-state index is -0.432. The highest BCUT2D eigenvalue weighted by molar-refractivity contribution is 9.10. The lowest BCUT2D eigenvalue weighted by Crippen LogP contribution is -2.24. The molecule has 0 fully saturated rings. The van der Waals surface area contributed by atoms with E-state index in [9.17, 15) is 4.39 Å². The van der Waals surface area contributed by atoms with Crippen molar-refractivity contribution in [3.05, 3.63) is 57.3 Å². The fourth-order valence-corrected chi connectivity index (χ4v) is 2.40. The molecule has 0 saturated heterocycles. The highest BCUT2D eigenvalue weighted by Gasteiger charge is 2.20. The van der Waals surface area contributed by atoms with Gasteiger partial charge in [0.25, 0.3) is 0 Å². The lowest BCUT2D eigenvalue weighted by Gasteiger charge is -2.20. The van der Waals surface area contributed by atoms with Crippen LogP contribution in [0.3, 0.4) is 0 Å². The van der Waals surface area contributed by atoms with E-state index in [0.29, 0.717) is 10.0 Å². The van der Waals surface area contributed by atoms with E-state index < -0.39 is 5.82 Å². The van der Waals surface area contributed by atoms with Gasteiger partial charge in [-0.15, -0.1) is 0 Å². The number of benzene rings is 1. The summed E-state index contributed by atoms with van der Waals surface area (Å²) in [5, 5.41) is 3.38. The molecular formula is C14H14BrClFN3. The van der Waals surface area contributed by atoms with Crippen LogP contribution in [0.25, 0.3) is 0 Å². The maximum absolute atomic E-state index is 14.4. The van der Waals surface area contributed by atoms with Gasteiger partial charge in [-0.25, -0.2) is 14.4 Å². The van der Waals surface area contributed by atoms with Crippen molar-refractivity contribution in [3.8, 4) is 0 Å². The van der Waals surface area contributed by atoms with Crippen LogP contribution in [0.4, 0.5) is 4.39 Å². The van der Waals surface area contributed by atoms with Gasteiger partial charge >= 0.3 is 0 Å². The molecule has 2 aromatic rings. The highest BCUT2D eigenvalue weighted by atomic mass is 79.9. The van der Waals surface area contributed by atoms with Crippen molar-refractivity contribution < 1.29 is 4.39 Å². The molecule has 1 atom stereocenters. The van der Waals surface area contributed by atoms with Crippen molar-refractivity contribution in [2.45, 2.75) is 19.4 Å². The van der Waals surface area contributed by atoms with E-state index in [2.05, 4.69) is 38.1 Å². The van der Waals surface area contributed by atoms with E-state index in [1.54, 1.807) is 24.5 Å². The minimum Gasteiger partial charge on any atom is -0.306 e. The molecule has 1 aromatic carbocycles. The molecular weight excluding hydrogens is 345 g/mol. The molecule has 2 rings (SSSR count). The molecule has 106 valence electrons. The summed E-state index contributed by atoms with van der Waals surface area (Å²) < 4.78 is 14.9. The number of halogens is 3. The van der Waals surface area contributed by atoms with Crippen LogP contribution in [0.15, 0.2) is 35.3 Å². The Kier molecular flexibility index (Phi) is 5.46. The standard InChI is InChI=1S/C14H14BrClFN3/c1-2-5-20-14(9-6-18-8-19-7-9)10-3-4-11(15)12(16)13(10)17/h3-4,6-8,14,20H,2,5H2,1H3. The molecule has 1 N–H and O–H groups in total. The Labute approximate surface area is 130 Å². The smallest absolute Gasteiger partial charge is 0.148 e. The van der Waals surface area contributed by atoms with Crippen LogP contribution < -0.4 is 5.32 Å². The third-order valence-corrected chi connectivity index (χ3v) is 4.15. The average Bonchev–Trinajstić information content (AvgIpc) is 2.48. The number of nitrogens with one attached hydrogen (secondary N) is 1. The van der Waals surface area contributed by atoms with Gasteiger partial charge in [-0.1, -0.05) is 24.6 Å². The summed E-state index contributed by atoms with van der Waals surface area (Å²) in [5.74, 6) is -0.432. The normalized spacial score (nSPS) is 12.4. The molecule has 0 radical (unpaired) electrons. The Hall–Kier alpha value is -1.04. The van der Waals surface area contributed by atoms with Gasteiger partial charge in [-0.2, -0.15) is 0 Å². The predicted octanol–water partition coefficient (Wildman–Crippen LogP) is 4.12. The third kappa shape index (κ3) is 3.34. The van der Waals surface area contributed by atoms with Gasteiger partial charge in [0, 0.05) is 28.0 Å². The van der Waals surface area contributed by atoms with E-state index in [0.717, 1.165) is 18.5 Å². The molecule has 6 heteroatoms. The maximum atomic E-state index is 14.4. The molecule has 1 aromatic heterocycles. The molecule has 0 aliphatic rings. The summed E-state index contributed by atoms with van der Waals surface area (Å²) in [5.41, 5.74) is 1.29. The number of nitrogens with zero attached hydrogens (tertiary/aromatic N) is 2. The zero-order valence-corrected chi connectivity index (χ0v) is 13.2. The molecule has 0 aliphatic heterocycles. The van der Waals surface area contributed by atoms with Gasteiger partial charge in [0.15, 0.2) is 0 Å². The Bertz CT molecular complexity index is 580. The molecule has 0 bridgehead atoms. The first-order valence-electron chi connectivity index (χ1n) is 6.26. The largest absolute Gasteiger partial charge is 0.306 e. The van der Waals surface area contributed by atoms with Gasteiger partial charge in [-0.3, -0.25) is 0 Å². The Balaban J connectivity index is 2.44. The summed E-state index contributed by atoms with van der Waals surface area (Å²) >= 11 is 9.19. The summed E-state index contributed by atoms with van der Waals surface area (Å²) in [6.45, 7) is 2.81. The fraction of sp³-hybridized carbons (Fsp3) is 0.286. The number of rotatable bonds is 5. The Morgan fingerprint density at radius 1 is 1.35 bits per heavy atom. The Morgan fingerprint density at radius 2 is 2.05 bits per heavy atom. The van der Waals surface area contributed by atoms with Crippen LogP contribution >= 0.6 is 27.5 Å². The zero-order valence-electron chi connectivity index (χ0n) is 10.9. The van der Waals surface area contributed by atoms with Gasteiger partial charge in [0.05, 0.1) is 11.1 Å². The average molecular weight is 359 g/mol. The van der Waals surface area contributed by atoms with Crippen molar-refractivity contribution in [3.63, 3.8) is 0 Å². The highest BCUT2D eigenvalue weighted by Crippen LogP contribution is 2.32. The molecule has 1 unspecified atom stereocenters. The van der Waals surface area contributed by atoms with E-state index in [1.165, 1.54) is 6.33 Å². The van der Waals surface area contributed by atoms with Crippen molar-refractivity contribution in [2.24, 2.45) is 0 Å². The lowest BCUT2D eigenvalue weighted by molar-refractivity contribution is 0.544. The topological polar surface area (TPSA) is 37.8 Å². The number of hydrogen-bond acceptors (Lipinski definition) is 3. The first-order valence-corrected chi connectivity index (χ1v) is 7.44. The molecule has 20 heavy (non-hydrogen) atoms. The van der Waals surface area contributed by atoms with E-state index in [1.807, 2.05) is 0 Å². The predicted molar refractivity (Wildman–Crippen MR) is 81.3 cm³/mol. The second-order valence-electron chi connectivity index (χ2n) is 4.32. The van der Waals surface area contributed by atoms with Crippen LogP contribution in [-0.2, 0) is 0 Å². The first-order chi connectivity index (χ1) is 9.65. The SMILES string of the molecule is CCCNC(c1cncnc1)c1ccc(Br)c(Cl)c1F. The molecule has 3 nitrogen and oxygen atoms in total. The van der Waals surface area contributed by atoms with E-state index in [4.69, 9.17) is 11.6 Å². The van der Waals surface area contributed by atoms with Crippen LogP contribution in [-0.4, -0.2) is 16.5 Å². The van der Waals surface area contributed by atoms with Crippen LogP contribution in [0.5, 0.6) is 0 Å². The summed E-state index contributed by atoms with van der Waals surface area (Å²) in [7, 11) is 0. The third-order valence-electron chi connectivity index (χ3n) is 2.89. The van der Waals surface area contributed by atoms with E-state index in [-0.39, 0.29) is 11.1 Å². The van der Waals surface area contributed by atoms with Crippen molar-refractivity contribution in [1.82, 2.24) is 15.3 Å². The Morgan fingerprint density at radius 3 is 2.70 bits per heavy atom. The molecule has 1 heterocycles. The summed E-state index contributed by atoms with van der Waals surface area (Å²) in [4.78, 5) is 7.99. The maximum Gasteiger partial charge on any atom is 0.148 e. The van der Waals surface area contributed by atoms with Gasteiger partial charge in [0.1, 0.15) is 12.1 Å². The fourth-order valence-electron chi connectivity index (χ4n) is 1.92. The monoisotopic (exact) mass is 357 g/mol. The molecule has 0 aliphatic carbocycles. The second-order valence-corrected chi connectivity index (χ2v) is 5.56. The number of hydrogen-bond donors (Lipinski definition) is 1.